The predicted octanol–water partition coefficient (Wildman–Crippen LogP) is 11.9. The summed E-state index contributed by atoms with van der Waals surface area (Å²) in [4.78, 5) is 0. The Morgan fingerprint density at radius 1 is 0.373 bits per heavy atom. The average Bonchev–Trinajstić information content (AvgIpc) is 3.87. The van der Waals surface area contributed by atoms with Gasteiger partial charge in [0.25, 0.3) is 0 Å². The van der Waals surface area contributed by atoms with Crippen LogP contribution in [0.15, 0.2) is 174 Å². The highest BCUT2D eigenvalue weighted by Crippen LogP contribution is 2.49. The van der Waals surface area contributed by atoms with Gasteiger partial charge in [-0.25, -0.2) is 0 Å². The van der Waals surface area contributed by atoms with Crippen LogP contribution in [0.5, 0.6) is 0 Å². The van der Waals surface area contributed by atoms with E-state index in [4.69, 9.17) is 4.42 Å². The van der Waals surface area contributed by atoms with E-state index in [2.05, 4.69) is 159 Å². The molecular formula is C46H28N4O. The molecule has 4 aromatic heterocycles. The number of furan rings is 1. The number of hydrogen-bond acceptors (Lipinski definition) is 3. The van der Waals surface area contributed by atoms with Gasteiger partial charge in [0.1, 0.15) is 5.58 Å². The quantitative estimate of drug-likeness (QED) is 0.190. The van der Waals surface area contributed by atoms with E-state index < -0.39 is 0 Å². The molecule has 5 heteroatoms. The molecule has 5 nitrogen and oxygen atoms in total. The molecule has 11 rings (SSSR count). The van der Waals surface area contributed by atoms with Crippen LogP contribution in [0.3, 0.4) is 0 Å². The lowest BCUT2D eigenvalue weighted by atomic mass is 10.0. The number of nitrogens with zero attached hydrogens (tertiary/aromatic N) is 4. The Morgan fingerprint density at radius 3 is 1.55 bits per heavy atom. The van der Waals surface area contributed by atoms with Gasteiger partial charge < -0.3 is 13.6 Å². The fourth-order valence-corrected chi connectivity index (χ4v) is 8.03. The van der Waals surface area contributed by atoms with Crippen LogP contribution in [0.25, 0.3) is 99.4 Å². The second kappa shape index (κ2) is 10.8. The first-order chi connectivity index (χ1) is 25.3. The first-order valence-corrected chi connectivity index (χ1v) is 17.2. The van der Waals surface area contributed by atoms with Crippen molar-refractivity contribution in [3.63, 3.8) is 0 Å². The molecule has 0 spiro atoms. The zero-order valence-electron chi connectivity index (χ0n) is 27.4. The van der Waals surface area contributed by atoms with Crippen LogP contribution in [-0.4, -0.2) is 19.3 Å². The minimum absolute atomic E-state index is 0.836. The molecule has 0 saturated heterocycles. The van der Waals surface area contributed by atoms with Gasteiger partial charge in [0.05, 0.1) is 33.5 Å². The molecule has 0 aliphatic heterocycles. The molecule has 0 N–H and O–H groups in total. The van der Waals surface area contributed by atoms with E-state index in [0.29, 0.717) is 0 Å². The first kappa shape index (κ1) is 27.9. The van der Waals surface area contributed by atoms with Crippen molar-refractivity contribution in [3.8, 4) is 33.9 Å². The molecule has 51 heavy (non-hydrogen) atoms. The highest BCUT2D eigenvalue weighted by molar-refractivity contribution is 6.39. The fraction of sp³-hybridized carbons (Fsp3) is 0. The van der Waals surface area contributed by atoms with Crippen molar-refractivity contribution in [1.29, 1.82) is 0 Å². The van der Waals surface area contributed by atoms with Gasteiger partial charge in [0.15, 0.2) is 5.58 Å². The number of rotatable bonds is 4. The number of benzene rings is 7. The third kappa shape index (κ3) is 4.03. The molecule has 0 fully saturated rings. The van der Waals surface area contributed by atoms with Crippen LogP contribution in [0.2, 0.25) is 0 Å². The Kier molecular flexibility index (Phi) is 5.89. The van der Waals surface area contributed by atoms with Crippen LogP contribution in [0, 0.1) is 0 Å². The normalized spacial score (nSPS) is 11.9. The van der Waals surface area contributed by atoms with E-state index in [1.807, 2.05) is 30.3 Å². The summed E-state index contributed by atoms with van der Waals surface area (Å²) in [5, 5.41) is 16.1. The number of fused-ring (bicyclic) bond motifs is 12. The molecular weight excluding hydrogens is 625 g/mol. The van der Waals surface area contributed by atoms with E-state index in [0.717, 1.165) is 77.9 Å². The summed E-state index contributed by atoms with van der Waals surface area (Å²) in [6, 6.07) is 59.5. The smallest absolute Gasteiger partial charge is 0.160 e. The van der Waals surface area contributed by atoms with E-state index in [-0.39, 0.29) is 0 Å². The Bertz CT molecular complexity index is 3100. The topological polar surface area (TPSA) is 48.8 Å². The maximum atomic E-state index is 6.89. The van der Waals surface area contributed by atoms with Crippen molar-refractivity contribution in [3.05, 3.63) is 170 Å². The van der Waals surface area contributed by atoms with Gasteiger partial charge in [-0.1, -0.05) is 115 Å². The summed E-state index contributed by atoms with van der Waals surface area (Å²) in [5.41, 5.74) is 12.2. The van der Waals surface area contributed by atoms with Gasteiger partial charge in [-0.3, -0.25) is 0 Å². The lowest BCUT2D eigenvalue weighted by Crippen LogP contribution is -1.96. The minimum Gasteiger partial charge on any atom is -0.454 e. The van der Waals surface area contributed by atoms with Crippen molar-refractivity contribution in [2.75, 3.05) is 0 Å². The third-order valence-corrected chi connectivity index (χ3v) is 10.2. The van der Waals surface area contributed by atoms with E-state index >= 15 is 0 Å². The zero-order valence-corrected chi connectivity index (χ0v) is 27.4. The maximum absolute atomic E-state index is 6.89. The van der Waals surface area contributed by atoms with Crippen molar-refractivity contribution >= 4 is 65.6 Å². The monoisotopic (exact) mass is 652 g/mol. The second-order valence-corrected chi connectivity index (χ2v) is 13.0. The molecule has 4 heterocycles. The molecule has 0 aliphatic carbocycles. The number of para-hydroxylation sites is 4. The molecule has 0 unspecified atom stereocenters. The van der Waals surface area contributed by atoms with Crippen LogP contribution < -0.4 is 0 Å². The lowest BCUT2D eigenvalue weighted by molar-refractivity contribution is 0.671. The van der Waals surface area contributed by atoms with Gasteiger partial charge >= 0.3 is 0 Å². The minimum atomic E-state index is 0.836. The summed E-state index contributed by atoms with van der Waals surface area (Å²) < 4.78 is 11.7. The molecule has 0 saturated carbocycles. The van der Waals surface area contributed by atoms with Gasteiger partial charge in [0, 0.05) is 54.8 Å². The van der Waals surface area contributed by atoms with Crippen molar-refractivity contribution in [1.82, 2.24) is 19.3 Å². The molecule has 7 aromatic carbocycles. The largest absolute Gasteiger partial charge is 0.454 e. The molecule has 11 aromatic rings. The van der Waals surface area contributed by atoms with Crippen LogP contribution in [0.1, 0.15) is 0 Å². The van der Waals surface area contributed by atoms with Crippen LogP contribution in [0.4, 0.5) is 0 Å². The van der Waals surface area contributed by atoms with Crippen molar-refractivity contribution < 1.29 is 4.42 Å². The Labute approximate surface area is 292 Å². The highest BCUT2D eigenvalue weighted by Gasteiger charge is 2.27. The van der Waals surface area contributed by atoms with Gasteiger partial charge in [0.2, 0.25) is 0 Å². The molecule has 238 valence electrons. The van der Waals surface area contributed by atoms with Gasteiger partial charge in [-0.2, -0.15) is 0 Å². The summed E-state index contributed by atoms with van der Waals surface area (Å²) in [6.07, 6.45) is 0. The second-order valence-electron chi connectivity index (χ2n) is 13.0. The molecule has 0 atom stereocenters. The van der Waals surface area contributed by atoms with E-state index in [9.17, 15) is 0 Å². The summed E-state index contributed by atoms with van der Waals surface area (Å²) in [7, 11) is 0. The summed E-state index contributed by atoms with van der Waals surface area (Å²) in [5.74, 6) is 0. The number of hydrogen-bond donors (Lipinski definition) is 0. The zero-order chi connectivity index (χ0) is 33.5. The van der Waals surface area contributed by atoms with Crippen LogP contribution >= 0.6 is 0 Å². The summed E-state index contributed by atoms with van der Waals surface area (Å²) >= 11 is 0. The number of aromatic nitrogens is 4. The van der Waals surface area contributed by atoms with Gasteiger partial charge in [-0.05, 0) is 54.6 Å². The highest BCUT2D eigenvalue weighted by atomic mass is 16.3. The van der Waals surface area contributed by atoms with E-state index in [1.165, 1.54) is 21.5 Å². The molecule has 0 bridgehead atoms. The van der Waals surface area contributed by atoms with Gasteiger partial charge in [-0.15, -0.1) is 10.2 Å². The fourth-order valence-electron chi connectivity index (χ4n) is 8.03. The van der Waals surface area contributed by atoms with E-state index in [1.54, 1.807) is 0 Å². The maximum Gasteiger partial charge on any atom is 0.160 e. The van der Waals surface area contributed by atoms with Crippen molar-refractivity contribution in [2.24, 2.45) is 0 Å². The Balaban J connectivity index is 1.24. The van der Waals surface area contributed by atoms with Crippen molar-refractivity contribution in [2.45, 2.75) is 0 Å². The van der Waals surface area contributed by atoms with Crippen LogP contribution in [-0.2, 0) is 0 Å². The summed E-state index contributed by atoms with van der Waals surface area (Å²) in [6.45, 7) is 0. The lowest BCUT2D eigenvalue weighted by Gasteiger charge is -2.11. The first-order valence-electron chi connectivity index (χ1n) is 17.2. The molecule has 0 amide bonds. The molecule has 0 aliphatic rings. The standard InChI is InChI=1S/C46H28N4O/c1-3-13-29(14-4-1)36-27-28-37(48-47-36)30-23-25-32(26-24-30)49-38-20-10-7-17-33(38)41-42-35-19-9-12-22-40(35)51-46(42)45-43(44(41)49)34-18-8-11-21-39(34)50(45)31-15-5-2-6-16-31/h1-28H. The third-order valence-electron chi connectivity index (χ3n) is 10.2. The Morgan fingerprint density at radius 2 is 0.882 bits per heavy atom. The molecule has 0 radical (unpaired) electrons. The predicted molar refractivity (Wildman–Crippen MR) is 209 cm³/mol. The SMILES string of the molecule is c1ccc(-c2ccc(-c3ccc(-n4c5ccccc5c5c6c7ccccc7oc6c6c(c7ccccc7n6-c6ccccc6)c54)cc3)nn2)cc1. The average molecular weight is 653 g/mol. The Hall–Kier alpha value is -6.98.